The first kappa shape index (κ1) is 26.3. The number of pyridine rings is 1. The second kappa shape index (κ2) is 10.3. The van der Waals surface area contributed by atoms with Crippen LogP contribution in [-0.4, -0.2) is 55.3 Å². The van der Waals surface area contributed by atoms with E-state index >= 15 is 0 Å². The summed E-state index contributed by atoms with van der Waals surface area (Å²) < 4.78 is 6.65. The molecule has 2 aromatic heterocycles. The maximum Gasteiger partial charge on any atom is 0.224 e. The number of aliphatic hydroxyl groups is 1. The first-order valence-corrected chi connectivity index (χ1v) is 13.7. The Morgan fingerprint density at radius 3 is 2.34 bits per heavy atom. The third-order valence-electron chi connectivity index (χ3n) is 8.66. The van der Waals surface area contributed by atoms with E-state index in [0.717, 1.165) is 61.7 Å². The first-order valence-electron chi connectivity index (χ1n) is 13.7. The van der Waals surface area contributed by atoms with Crippen LogP contribution in [0.1, 0.15) is 110 Å². The van der Waals surface area contributed by atoms with Crippen molar-refractivity contribution < 1.29 is 9.84 Å². The van der Waals surface area contributed by atoms with E-state index in [0.29, 0.717) is 17.7 Å². The van der Waals surface area contributed by atoms with E-state index in [2.05, 4.69) is 53.5 Å². The summed E-state index contributed by atoms with van der Waals surface area (Å²) in [6, 6.07) is 0. The van der Waals surface area contributed by atoms with Gasteiger partial charge in [0.25, 0.3) is 0 Å². The standard InChI is InChI=1S/C29H46N4O2/c1-8-9-19(2)14-25-30-18-24-26(32-25)23(20-10-12-21(34)13-11-20)17-31-27(24)35-22-15-28(3,4)33(7)29(5,6)16-22/h17-22,34H,8-16H2,1-7H3. The summed E-state index contributed by atoms with van der Waals surface area (Å²) in [5.41, 5.74) is 2.28. The monoisotopic (exact) mass is 482 g/mol. The molecule has 0 radical (unpaired) electrons. The minimum absolute atomic E-state index is 0.0458. The van der Waals surface area contributed by atoms with Crippen LogP contribution in [0.25, 0.3) is 10.9 Å². The van der Waals surface area contributed by atoms with Crippen molar-refractivity contribution in [3.8, 4) is 5.88 Å². The van der Waals surface area contributed by atoms with Crippen LogP contribution >= 0.6 is 0 Å². The van der Waals surface area contributed by atoms with Gasteiger partial charge in [-0.1, -0.05) is 26.7 Å². The Balaban J connectivity index is 1.68. The van der Waals surface area contributed by atoms with E-state index in [1.807, 2.05) is 12.4 Å². The van der Waals surface area contributed by atoms with Crippen molar-refractivity contribution in [1.82, 2.24) is 19.9 Å². The number of ether oxygens (including phenoxy) is 1. The fourth-order valence-corrected chi connectivity index (χ4v) is 6.36. The molecule has 0 bridgehead atoms. The topological polar surface area (TPSA) is 71.4 Å². The van der Waals surface area contributed by atoms with E-state index < -0.39 is 0 Å². The number of hydrogen-bond donors (Lipinski definition) is 1. The number of fused-ring (bicyclic) bond motifs is 1. The lowest BCUT2D eigenvalue weighted by Gasteiger charge is -2.53. The molecule has 2 aromatic rings. The maximum atomic E-state index is 10.0. The van der Waals surface area contributed by atoms with E-state index in [4.69, 9.17) is 19.7 Å². The zero-order valence-corrected chi connectivity index (χ0v) is 23.0. The van der Waals surface area contributed by atoms with E-state index in [9.17, 15) is 5.11 Å². The molecule has 6 nitrogen and oxygen atoms in total. The van der Waals surface area contributed by atoms with Crippen molar-refractivity contribution in [2.45, 2.75) is 129 Å². The second-order valence-corrected chi connectivity index (χ2v) is 12.5. The van der Waals surface area contributed by atoms with E-state index in [1.54, 1.807) is 0 Å². The lowest BCUT2D eigenvalue weighted by molar-refractivity contribution is -0.0563. The molecule has 0 amide bonds. The van der Waals surface area contributed by atoms with Crippen molar-refractivity contribution in [2.75, 3.05) is 7.05 Å². The Morgan fingerprint density at radius 2 is 1.71 bits per heavy atom. The normalized spacial score (nSPS) is 26.1. The number of nitrogens with zero attached hydrogens (tertiary/aromatic N) is 4. The number of likely N-dealkylation sites (tertiary alicyclic amines) is 1. The molecule has 194 valence electrons. The molecule has 6 heteroatoms. The van der Waals surface area contributed by atoms with Crippen molar-refractivity contribution in [3.63, 3.8) is 0 Å². The first-order chi connectivity index (χ1) is 16.5. The summed E-state index contributed by atoms with van der Waals surface area (Å²) in [4.78, 5) is 17.2. The van der Waals surface area contributed by atoms with Gasteiger partial charge in [-0.3, -0.25) is 4.90 Å². The molecule has 1 aliphatic heterocycles. The van der Waals surface area contributed by atoms with Crippen molar-refractivity contribution in [2.24, 2.45) is 5.92 Å². The van der Waals surface area contributed by atoms with Gasteiger partial charge in [-0.25, -0.2) is 15.0 Å². The summed E-state index contributed by atoms with van der Waals surface area (Å²) in [7, 11) is 2.22. The minimum atomic E-state index is -0.177. The summed E-state index contributed by atoms with van der Waals surface area (Å²) in [6.45, 7) is 13.7. The predicted molar refractivity (Wildman–Crippen MR) is 142 cm³/mol. The maximum absolute atomic E-state index is 10.0. The molecular formula is C29H46N4O2. The van der Waals surface area contributed by atoms with Gasteiger partial charge in [-0.2, -0.15) is 0 Å². The minimum Gasteiger partial charge on any atom is -0.474 e. The van der Waals surface area contributed by atoms with Crippen molar-refractivity contribution >= 4 is 10.9 Å². The number of aliphatic hydroxyl groups excluding tert-OH is 1. The SMILES string of the molecule is CCCC(C)Cc1ncc2c(OC3CC(C)(C)N(C)C(C)(C)C3)ncc(C3CCC(O)CC3)c2n1. The molecule has 2 aliphatic rings. The summed E-state index contributed by atoms with van der Waals surface area (Å²) in [5.74, 6) is 2.51. The number of rotatable bonds is 7. The van der Waals surface area contributed by atoms with Crippen LogP contribution in [0, 0.1) is 5.92 Å². The molecule has 1 N–H and O–H groups in total. The average Bonchev–Trinajstić information content (AvgIpc) is 2.78. The van der Waals surface area contributed by atoms with Crippen LogP contribution in [-0.2, 0) is 6.42 Å². The van der Waals surface area contributed by atoms with Gasteiger partial charge in [0.15, 0.2) is 0 Å². The number of piperidine rings is 1. The van der Waals surface area contributed by atoms with Crippen LogP contribution in [0.3, 0.4) is 0 Å². The lowest BCUT2D eigenvalue weighted by atomic mass is 9.79. The highest BCUT2D eigenvalue weighted by Gasteiger charge is 2.44. The van der Waals surface area contributed by atoms with Gasteiger partial charge in [0.2, 0.25) is 5.88 Å². The summed E-state index contributed by atoms with van der Waals surface area (Å²) in [6.07, 6.45) is 12.6. The molecule has 1 saturated carbocycles. The lowest BCUT2D eigenvalue weighted by Crippen LogP contribution is -2.60. The molecule has 3 heterocycles. The van der Waals surface area contributed by atoms with Gasteiger partial charge in [0.05, 0.1) is 17.0 Å². The molecule has 2 fully saturated rings. The molecule has 1 unspecified atom stereocenters. The van der Waals surface area contributed by atoms with Crippen LogP contribution in [0.5, 0.6) is 5.88 Å². The van der Waals surface area contributed by atoms with Gasteiger partial charge in [-0.05, 0) is 72.3 Å². The summed E-state index contributed by atoms with van der Waals surface area (Å²) >= 11 is 0. The Kier molecular flexibility index (Phi) is 7.73. The molecule has 0 spiro atoms. The van der Waals surface area contributed by atoms with Gasteiger partial charge in [0, 0.05) is 48.3 Å². The van der Waals surface area contributed by atoms with Gasteiger partial charge in [0.1, 0.15) is 11.9 Å². The van der Waals surface area contributed by atoms with Gasteiger partial charge < -0.3 is 9.84 Å². The molecule has 35 heavy (non-hydrogen) atoms. The third kappa shape index (κ3) is 5.80. The van der Waals surface area contributed by atoms with Crippen molar-refractivity contribution in [3.05, 3.63) is 23.8 Å². The third-order valence-corrected chi connectivity index (χ3v) is 8.66. The average molecular weight is 483 g/mol. The second-order valence-electron chi connectivity index (χ2n) is 12.5. The zero-order valence-electron chi connectivity index (χ0n) is 23.0. The van der Waals surface area contributed by atoms with Crippen LogP contribution in [0.15, 0.2) is 12.4 Å². The predicted octanol–water partition coefficient (Wildman–Crippen LogP) is 6.05. The number of aromatic nitrogens is 3. The molecule has 0 aromatic carbocycles. The van der Waals surface area contributed by atoms with Crippen LogP contribution < -0.4 is 4.74 Å². The van der Waals surface area contributed by atoms with Gasteiger partial charge in [-0.15, -0.1) is 0 Å². The fourth-order valence-electron chi connectivity index (χ4n) is 6.36. The molecule has 1 atom stereocenters. The smallest absolute Gasteiger partial charge is 0.224 e. The van der Waals surface area contributed by atoms with Crippen LogP contribution in [0.2, 0.25) is 0 Å². The highest BCUT2D eigenvalue weighted by atomic mass is 16.5. The van der Waals surface area contributed by atoms with Crippen LogP contribution in [0.4, 0.5) is 0 Å². The molecule has 4 rings (SSSR count). The number of hydrogen-bond acceptors (Lipinski definition) is 6. The Hall–Kier alpha value is -1.79. The fraction of sp³-hybridized carbons (Fsp3) is 0.759. The Bertz CT molecular complexity index is 995. The van der Waals surface area contributed by atoms with E-state index in [-0.39, 0.29) is 23.3 Å². The van der Waals surface area contributed by atoms with Crippen molar-refractivity contribution in [1.29, 1.82) is 0 Å². The summed E-state index contributed by atoms with van der Waals surface area (Å²) in [5, 5.41) is 11.0. The largest absolute Gasteiger partial charge is 0.474 e. The Morgan fingerprint density at radius 1 is 1.06 bits per heavy atom. The quantitative estimate of drug-likeness (QED) is 0.518. The molecule has 1 aliphatic carbocycles. The van der Waals surface area contributed by atoms with E-state index in [1.165, 1.54) is 18.4 Å². The van der Waals surface area contributed by atoms with Gasteiger partial charge >= 0.3 is 0 Å². The highest BCUT2D eigenvalue weighted by molar-refractivity contribution is 5.85. The highest BCUT2D eigenvalue weighted by Crippen LogP contribution is 2.41. The Labute approximate surface area is 211 Å². The zero-order chi connectivity index (χ0) is 25.4. The molecule has 1 saturated heterocycles. The molecular weight excluding hydrogens is 436 g/mol.